The number of benzene rings is 1. The molecule has 0 radical (unpaired) electrons. The molecule has 88 valence electrons. The first-order chi connectivity index (χ1) is 7.61. The third-order valence-electron chi connectivity index (χ3n) is 3.04. The summed E-state index contributed by atoms with van der Waals surface area (Å²) >= 11 is 0. The summed E-state index contributed by atoms with van der Waals surface area (Å²) in [6, 6.07) is 4.40. The first-order valence-electron chi connectivity index (χ1n) is 5.50. The zero-order valence-corrected chi connectivity index (χ0v) is 9.04. The van der Waals surface area contributed by atoms with E-state index in [0.29, 0.717) is 18.5 Å². The second kappa shape index (κ2) is 4.39. The van der Waals surface area contributed by atoms with Gasteiger partial charge < -0.3 is 15.5 Å². The van der Waals surface area contributed by atoms with E-state index in [1.165, 1.54) is 6.07 Å². The van der Waals surface area contributed by atoms with Crippen LogP contribution < -0.4 is 5.32 Å². The molecule has 0 aromatic heterocycles. The van der Waals surface area contributed by atoms with Crippen molar-refractivity contribution >= 4 is 0 Å². The van der Waals surface area contributed by atoms with Crippen LogP contribution >= 0.6 is 0 Å². The molecule has 1 aromatic carbocycles. The number of phenols is 1. The summed E-state index contributed by atoms with van der Waals surface area (Å²) in [6.07, 6.45) is 1.85. The van der Waals surface area contributed by atoms with Gasteiger partial charge in [0.1, 0.15) is 0 Å². The number of nitrogens with one attached hydrogen (secondary N) is 1. The molecule has 1 fully saturated rings. The number of phenolic OH excluding ortho intramolecular Hbond substituents is 1. The van der Waals surface area contributed by atoms with Crippen LogP contribution in [0.15, 0.2) is 18.2 Å². The average molecular weight is 225 g/mol. The summed E-state index contributed by atoms with van der Waals surface area (Å²) in [6.45, 7) is 1.39. The van der Waals surface area contributed by atoms with Gasteiger partial charge in [0.2, 0.25) is 0 Å². The molecule has 1 aliphatic heterocycles. The molecule has 4 heteroatoms. The minimum Gasteiger partial charge on any atom is -0.505 e. The van der Waals surface area contributed by atoms with Crippen molar-refractivity contribution in [3.05, 3.63) is 29.6 Å². The third kappa shape index (κ3) is 2.33. The fourth-order valence-electron chi connectivity index (χ4n) is 2.16. The summed E-state index contributed by atoms with van der Waals surface area (Å²) in [5.74, 6) is -0.980. The van der Waals surface area contributed by atoms with Gasteiger partial charge in [-0.25, -0.2) is 4.39 Å². The van der Waals surface area contributed by atoms with E-state index in [4.69, 9.17) is 0 Å². The zero-order valence-electron chi connectivity index (χ0n) is 9.04. The molecule has 0 aliphatic carbocycles. The van der Waals surface area contributed by atoms with Crippen molar-refractivity contribution in [2.24, 2.45) is 0 Å². The normalized spacial score (nSPS) is 25.6. The third-order valence-corrected chi connectivity index (χ3v) is 3.04. The number of aliphatic hydroxyl groups is 1. The Morgan fingerprint density at radius 2 is 2.25 bits per heavy atom. The van der Waals surface area contributed by atoms with E-state index in [1.807, 2.05) is 0 Å². The Morgan fingerprint density at radius 1 is 1.44 bits per heavy atom. The minimum absolute atomic E-state index is 0.281. The first-order valence-corrected chi connectivity index (χ1v) is 5.50. The van der Waals surface area contributed by atoms with Gasteiger partial charge in [0.15, 0.2) is 11.6 Å². The lowest BCUT2D eigenvalue weighted by Gasteiger charge is -2.32. The van der Waals surface area contributed by atoms with Crippen LogP contribution in [-0.2, 0) is 6.42 Å². The highest BCUT2D eigenvalue weighted by Gasteiger charge is 2.30. The summed E-state index contributed by atoms with van der Waals surface area (Å²) in [5.41, 5.74) is -0.407. The second-order valence-corrected chi connectivity index (χ2v) is 4.43. The maximum atomic E-state index is 13.1. The maximum Gasteiger partial charge on any atom is 0.165 e. The van der Waals surface area contributed by atoms with E-state index < -0.39 is 11.4 Å². The molecule has 1 atom stereocenters. The van der Waals surface area contributed by atoms with Crippen LogP contribution in [0.5, 0.6) is 5.75 Å². The Balaban J connectivity index is 2.16. The molecule has 3 N–H and O–H groups in total. The van der Waals surface area contributed by atoms with Gasteiger partial charge in [0, 0.05) is 13.0 Å². The highest BCUT2D eigenvalue weighted by atomic mass is 19.1. The molecule has 0 amide bonds. The van der Waals surface area contributed by atoms with Gasteiger partial charge >= 0.3 is 0 Å². The summed E-state index contributed by atoms with van der Waals surface area (Å²) in [5, 5.41) is 22.9. The Labute approximate surface area is 93.9 Å². The largest absolute Gasteiger partial charge is 0.505 e. The zero-order chi connectivity index (χ0) is 11.6. The number of piperidine rings is 1. The lowest BCUT2D eigenvalue weighted by molar-refractivity contribution is 0.0164. The molecule has 3 nitrogen and oxygen atoms in total. The number of para-hydroxylation sites is 1. The Hall–Kier alpha value is -1.13. The van der Waals surface area contributed by atoms with E-state index >= 15 is 0 Å². The lowest BCUT2D eigenvalue weighted by atomic mass is 9.87. The Morgan fingerprint density at radius 3 is 2.94 bits per heavy atom. The van der Waals surface area contributed by atoms with Gasteiger partial charge in [-0.3, -0.25) is 0 Å². The second-order valence-electron chi connectivity index (χ2n) is 4.43. The van der Waals surface area contributed by atoms with Crippen molar-refractivity contribution in [1.82, 2.24) is 5.32 Å². The summed E-state index contributed by atoms with van der Waals surface area (Å²) in [4.78, 5) is 0. The molecule has 1 heterocycles. The average Bonchev–Trinajstić information content (AvgIpc) is 2.26. The topological polar surface area (TPSA) is 52.5 Å². The number of aromatic hydroxyl groups is 1. The van der Waals surface area contributed by atoms with E-state index in [9.17, 15) is 14.6 Å². The highest BCUT2D eigenvalue weighted by molar-refractivity contribution is 5.34. The van der Waals surface area contributed by atoms with Crippen LogP contribution in [0.2, 0.25) is 0 Å². The number of halogens is 1. The molecule has 1 saturated heterocycles. The summed E-state index contributed by atoms with van der Waals surface area (Å²) < 4.78 is 13.1. The Kier molecular flexibility index (Phi) is 3.12. The maximum absolute atomic E-state index is 13.1. The molecule has 2 rings (SSSR count). The van der Waals surface area contributed by atoms with Crippen molar-refractivity contribution in [2.45, 2.75) is 24.9 Å². The van der Waals surface area contributed by atoms with E-state index in [2.05, 4.69) is 5.32 Å². The SMILES string of the molecule is Oc1c(F)cccc1CC1(O)CCCNC1. The first kappa shape index (κ1) is 11.4. The van der Waals surface area contributed by atoms with Crippen molar-refractivity contribution in [3.63, 3.8) is 0 Å². The minimum atomic E-state index is -0.872. The summed E-state index contributed by atoms with van der Waals surface area (Å²) in [7, 11) is 0. The fraction of sp³-hybridized carbons (Fsp3) is 0.500. The predicted octanol–water partition coefficient (Wildman–Crippen LogP) is 1.19. The quantitative estimate of drug-likeness (QED) is 0.708. The van der Waals surface area contributed by atoms with E-state index in [0.717, 1.165) is 13.0 Å². The van der Waals surface area contributed by atoms with Crippen LogP contribution in [0.3, 0.4) is 0 Å². The van der Waals surface area contributed by atoms with E-state index in [-0.39, 0.29) is 12.2 Å². The molecule has 0 saturated carbocycles. The van der Waals surface area contributed by atoms with Gasteiger partial charge in [-0.2, -0.15) is 0 Å². The molecular formula is C12H16FNO2. The number of hydrogen-bond donors (Lipinski definition) is 3. The van der Waals surface area contributed by atoms with Crippen LogP contribution in [0.4, 0.5) is 4.39 Å². The van der Waals surface area contributed by atoms with Crippen molar-refractivity contribution in [2.75, 3.05) is 13.1 Å². The van der Waals surface area contributed by atoms with Gasteiger partial charge in [-0.05, 0) is 31.0 Å². The number of hydrogen-bond acceptors (Lipinski definition) is 3. The van der Waals surface area contributed by atoms with Gasteiger partial charge in [-0.1, -0.05) is 12.1 Å². The molecule has 16 heavy (non-hydrogen) atoms. The van der Waals surface area contributed by atoms with Crippen molar-refractivity contribution in [1.29, 1.82) is 0 Å². The van der Waals surface area contributed by atoms with Gasteiger partial charge in [0.05, 0.1) is 5.60 Å². The van der Waals surface area contributed by atoms with Crippen LogP contribution in [-0.4, -0.2) is 28.9 Å². The smallest absolute Gasteiger partial charge is 0.165 e. The molecule has 1 aromatic rings. The van der Waals surface area contributed by atoms with Crippen LogP contribution in [0.1, 0.15) is 18.4 Å². The van der Waals surface area contributed by atoms with E-state index in [1.54, 1.807) is 12.1 Å². The molecule has 0 bridgehead atoms. The monoisotopic (exact) mass is 225 g/mol. The highest BCUT2D eigenvalue weighted by Crippen LogP contribution is 2.28. The number of β-amino-alcohol motifs (C(OH)–C–C–N with tert-alkyl or cyclic N) is 1. The lowest BCUT2D eigenvalue weighted by Crippen LogP contribution is -2.47. The van der Waals surface area contributed by atoms with Crippen molar-refractivity contribution < 1.29 is 14.6 Å². The Bertz CT molecular complexity index is 375. The molecule has 1 aliphatic rings. The fourth-order valence-corrected chi connectivity index (χ4v) is 2.16. The molecule has 0 spiro atoms. The predicted molar refractivity (Wildman–Crippen MR) is 58.8 cm³/mol. The molecular weight excluding hydrogens is 209 g/mol. The van der Waals surface area contributed by atoms with Crippen LogP contribution in [0, 0.1) is 5.82 Å². The molecule has 1 unspecified atom stereocenters. The van der Waals surface area contributed by atoms with Crippen molar-refractivity contribution in [3.8, 4) is 5.75 Å². The van der Waals surface area contributed by atoms with Gasteiger partial charge in [0.25, 0.3) is 0 Å². The van der Waals surface area contributed by atoms with Gasteiger partial charge in [-0.15, -0.1) is 0 Å². The standard InChI is InChI=1S/C12H16FNO2/c13-10-4-1-3-9(11(10)15)7-12(16)5-2-6-14-8-12/h1,3-4,14-16H,2,5-8H2. The number of rotatable bonds is 2. The van der Waals surface area contributed by atoms with Crippen LogP contribution in [0.25, 0.3) is 0 Å².